The summed E-state index contributed by atoms with van der Waals surface area (Å²) in [5.41, 5.74) is 0. The van der Waals surface area contributed by atoms with Gasteiger partial charge in [-0.25, -0.2) is 0 Å². The van der Waals surface area contributed by atoms with Crippen LogP contribution in [-0.2, 0) is 0 Å². The fourth-order valence-corrected chi connectivity index (χ4v) is 8.62. The van der Waals surface area contributed by atoms with Gasteiger partial charge in [0, 0.05) is 0 Å². The lowest BCUT2D eigenvalue weighted by molar-refractivity contribution is 0.368. The van der Waals surface area contributed by atoms with Crippen LogP contribution in [0.15, 0.2) is 121 Å². The Labute approximate surface area is 208 Å². The van der Waals surface area contributed by atoms with E-state index in [0.717, 1.165) is 0 Å². The van der Waals surface area contributed by atoms with E-state index in [1.165, 1.54) is 46.4 Å². The van der Waals surface area contributed by atoms with Crippen LogP contribution in [0.2, 0.25) is 0 Å². The molecule has 35 heavy (non-hydrogen) atoms. The summed E-state index contributed by atoms with van der Waals surface area (Å²) in [6, 6.07) is 44.3. The molecule has 4 aromatic rings. The Morgan fingerprint density at radius 2 is 0.600 bits per heavy atom. The highest BCUT2D eigenvalue weighted by molar-refractivity contribution is 7.73. The minimum Gasteiger partial charge on any atom is -0.418 e. The Morgan fingerprint density at radius 3 is 0.800 bits per heavy atom. The molecule has 0 amide bonds. The van der Waals surface area contributed by atoms with Gasteiger partial charge in [-0.2, -0.15) is 0 Å². The van der Waals surface area contributed by atoms with E-state index in [1.807, 2.05) is 0 Å². The smallest absolute Gasteiger partial charge is 0.418 e. The molecule has 0 unspecified atom stereocenters. The molecule has 0 aliphatic rings. The predicted molar refractivity (Wildman–Crippen MR) is 147 cm³/mol. The van der Waals surface area contributed by atoms with Crippen LogP contribution < -0.4 is 21.2 Å². The fourth-order valence-electron chi connectivity index (χ4n) is 3.79. The van der Waals surface area contributed by atoms with Gasteiger partial charge in [-0.3, -0.25) is 0 Å². The van der Waals surface area contributed by atoms with Crippen molar-refractivity contribution in [2.75, 3.05) is 12.3 Å². The van der Waals surface area contributed by atoms with E-state index in [1.54, 1.807) is 0 Å². The number of rotatable bonds is 9. The Kier molecular flexibility index (Phi) is 11.0. The summed E-state index contributed by atoms with van der Waals surface area (Å²) in [6.45, 7) is 0. The molecule has 7 heteroatoms. The van der Waals surface area contributed by atoms with E-state index >= 15 is 0 Å². The number of unbranched alkanes of at least 4 members (excludes halogenated alkanes) is 1. The Morgan fingerprint density at radius 1 is 0.400 bits per heavy atom. The first-order valence-electron chi connectivity index (χ1n) is 11.5. The second-order valence-corrected chi connectivity index (χ2v) is 12.5. The van der Waals surface area contributed by atoms with Gasteiger partial charge in [0.05, 0.1) is 0 Å². The zero-order chi connectivity index (χ0) is 24.9. The second kappa shape index (κ2) is 14.2. The third-order valence-electron chi connectivity index (χ3n) is 5.28. The first-order chi connectivity index (χ1) is 16.9. The van der Waals surface area contributed by atoms with Gasteiger partial charge in [-0.1, -0.05) is 121 Å². The zero-order valence-corrected chi connectivity index (χ0v) is 21.1. The maximum Gasteiger partial charge on any atom is 0.673 e. The number of benzene rings is 4. The maximum atomic E-state index is 9.75. The highest BCUT2D eigenvalue weighted by Crippen LogP contribution is 2.38. The molecule has 0 fully saturated rings. The average Bonchev–Trinajstić information content (AvgIpc) is 2.87. The molecule has 0 aliphatic heterocycles. The number of halogens is 4. The highest BCUT2D eigenvalue weighted by atomic mass is 31.1. The summed E-state index contributed by atoms with van der Waals surface area (Å²) in [5.74, 6) is 0. The van der Waals surface area contributed by atoms with E-state index in [-0.39, 0.29) is 15.8 Å². The van der Waals surface area contributed by atoms with Gasteiger partial charge in [0.25, 0.3) is 0 Å². The fraction of sp³-hybridized carbons (Fsp3) is 0.143. The van der Waals surface area contributed by atoms with Crippen LogP contribution in [-0.4, -0.2) is 19.6 Å². The molecule has 0 aliphatic carbocycles. The molecule has 4 rings (SSSR count). The molecule has 0 spiro atoms. The van der Waals surface area contributed by atoms with Crippen LogP contribution in [0.5, 0.6) is 0 Å². The Balaban J connectivity index is 0.000000623. The first kappa shape index (κ1) is 27.1. The van der Waals surface area contributed by atoms with Crippen molar-refractivity contribution in [1.29, 1.82) is 0 Å². The molecular weight excluding hydrogens is 485 g/mol. The molecule has 0 nitrogen and oxygen atoms in total. The van der Waals surface area contributed by atoms with Gasteiger partial charge in [0.2, 0.25) is 0 Å². The standard InChI is InChI=1S/C28H28P2.BF4/c1-5-15-25(16-6-1)29(26-17-7-2-8-18-26)23-13-14-24-30(27-19-9-3-10-20-27)28-21-11-4-12-22-28;2-1(3,4)5/h1-12,15-22H,13-14,23-24H2;/q;-1. The summed E-state index contributed by atoms with van der Waals surface area (Å²) in [4.78, 5) is 0. The Hall–Kier alpha value is -2.48. The quantitative estimate of drug-likeness (QED) is 0.0952. The zero-order valence-electron chi connectivity index (χ0n) is 19.4. The minimum atomic E-state index is -6.00. The van der Waals surface area contributed by atoms with Crippen LogP contribution in [0.1, 0.15) is 12.8 Å². The summed E-state index contributed by atoms with van der Waals surface area (Å²) < 4.78 is 39.0. The first-order valence-corrected chi connectivity index (χ1v) is 14.6. The maximum absolute atomic E-state index is 9.75. The lowest BCUT2D eigenvalue weighted by atomic mass is 10.3. The van der Waals surface area contributed by atoms with Crippen LogP contribution >= 0.6 is 15.8 Å². The summed E-state index contributed by atoms with van der Waals surface area (Å²) >= 11 is 0. The van der Waals surface area contributed by atoms with Gasteiger partial charge in [0.15, 0.2) is 0 Å². The van der Waals surface area contributed by atoms with Crippen LogP contribution in [0.4, 0.5) is 17.3 Å². The monoisotopic (exact) mass is 513 g/mol. The molecular formula is C28H28BF4P2-. The van der Waals surface area contributed by atoms with Crippen molar-refractivity contribution < 1.29 is 17.3 Å². The van der Waals surface area contributed by atoms with E-state index in [0.29, 0.717) is 0 Å². The second-order valence-electron chi connectivity index (χ2n) is 7.85. The minimum absolute atomic E-state index is 0.283. The average molecular weight is 513 g/mol. The molecule has 0 saturated carbocycles. The molecule has 4 aromatic carbocycles. The number of hydrogen-bond acceptors (Lipinski definition) is 0. The molecule has 0 saturated heterocycles. The molecule has 0 atom stereocenters. The van der Waals surface area contributed by atoms with E-state index in [9.17, 15) is 17.3 Å². The molecule has 0 radical (unpaired) electrons. The normalized spacial score (nSPS) is 11.3. The predicted octanol–water partition coefficient (Wildman–Crippen LogP) is 7.33. The van der Waals surface area contributed by atoms with Crippen molar-refractivity contribution in [2.24, 2.45) is 0 Å². The highest BCUT2D eigenvalue weighted by Gasteiger charge is 2.20. The lowest BCUT2D eigenvalue weighted by Gasteiger charge is -2.21. The van der Waals surface area contributed by atoms with E-state index in [4.69, 9.17) is 0 Å². The molecule has 0 bridgehead atoms. The molecule has 182 valence electrons. The topological polar surface area (TPSA) is 0 Å². The molecule has 0 heterocycles. The van der Waals surface area contributed by atoms with Crippen molar-refractivity contribution in [3.63, 3.8) is 0 Å². The molecule has 0 aromatic heterocycles. The van der Waals surface area contributed by atoms with E-state index in [2.05, 4.69) is 121 Å². The Bertz CT molecular complexity index is 925. The number of hydrogen-bond donors (Lipinski definition) is 0. The van der Waals surface area contributed by atoms with Gasteiger partial charge in [0.1, 0.15) is 0 Å². The van der Waals surface area contributed by atoms with Crippen LogP contribution in [0.25, 0.3) is 0 Å². The van der Waals surface area contributed by atoms with Gasteiger partial charge >= 0.3 is 7.25 Å². The SMILES string of the molecule is F[B-](F)(F)F.c1ccc(P(CCCCP(c2ccccc2)c2ccccc2)c2ccccc2)cc1. The van der Waals surface area contributed by atoms with Crippen molar-refractivity contribution in [1.82, 2.24) is 0 Å². The van der Waals surface area contributed by atoms with Crippen molar-refractivity contribution >= 4 is 44.3 Å². The third-order valence-corrected chi connectivity index (χ3v) is 10.5. The third kappa shape index (κ3) is 9.96. The molecule has 0 N–H and O–H groups in total. The summed E-state index contributed by atoms with van der Waals surface area (Å²) in [7, 11) is -6.57. The largest absolute Gasteiger partial charge is 0.673 e. The van der Waals surface area contributed by atoms with E-state index < -0.39 is 7.25 Å². The van der Waals surface area contributed by atoms with Crippen molar-refractivity contribution in [2.45, 2.75) is 12.8 Å². The van der Waals surface area contributed by atoms with Crippen LogP contribution in [0.3, 0.4) is 0 Å². The van der Waals surface area contributed by atoms with Crippen molar-refractivity contribution in [3.8, 4) is 0 Å². The van der Waals surface area contributed by atoms with Gasteiger partial charge in [-0.05, 0) is 62.2 Å². The van der Waals surface area contributed by atoms with Gasteiger partial charge in [-0.15, -0.1) is 0 Å². The van der Waals surface area contributed by atoms with Crippen molar-refractivity contribution in [3.05, 3.63) is 121 Å². The summed E-state index contributed by atoms with van der Waals surface area (Å²) in [5, 5.41) is 5.97. The van der Waals surface area contributed by atoms with Gasteiger partial charge < -0.3 is 17.3 Å². The summed E-state index contributed by atoms with van der Waals surface area (Å²) in [6.07, 6.45) is 5.06. The van der Waals surface area contributed by atoms with Crippen LogP contribution in [0, 0.1) is 0 Å². The lowest BCUT2D eigenvalue weighted by Crippen LogP contribution is -2.15.